The van der Waals surface area contributed by atoms with Crippen molar-refractivity contribution in [2.45, 2.75) is 31.0 Å². The molecule has 5 rings (SSSR count). The van der Waals surface area contributed by atoms with Gasteiger partial charge in [-0.25, -0.2) is 8.42 Å². The summed E-state index contributed by atoms with van der Waals surface area (Å²) in [5.74, 6) is -0.504. The predicted molar refractivity (Wildman–Crippen MR) is 162 cm³/mol. The van der Waals surface area contributed by atoms with Crippen LogP contribution in [0, 0.1) is 6.92 Å². The number of hydrogen-bond donors (Lipinski definition) is 1. The second-order valence-electron chi connectivity index (χ2n) is 9.99. The molecule has 1 atom stereocenters. The van der Waals surface area contributed by atoms with Crippen LogP contribution in [0.2, 0.25) is 5.02 Å². The van der Waals surface area contributed by atoms with Crippen molar-refractivity contribution in [1.29, 1.82) is 0 Å². The number of benzene rings is 4. The molecule has 42 heavy (non-hydrogen) atoms. The van der Waals surface area contributed by atoms with Crippen LogP contribution >= 0.6 is 11.6 Å². The fourth-order valence-electron chi connectivity index (χ4n) is 4.62. The molecule has 0 bridgehead atoms. The number of amides is 2. The highest BCUT2D eigenvalue weighted by Gasteiger charge is 2.36. The summed E-state index contributed by atoms with van der Waals surface area (Å²) in [4.78, 5) is 28.5. The maximum absolute atomic E-state index is 13.9. The molecular weight excluding hydrogens is 574 g/mol. The molecule has 0 aromatic heterocycles. The van der Waals surface area contributed by atoms with Crippen molar-refractivity contribution in [2.75, 3.05) is 18.0 Å². The molecule has 1 N–H and O–H groups in total. The lowest BCUT2D eigenvalue weighted by atomic mass is 10.1. The molecule has 1 heterocycles. The van der Waals surface area contributed by atoms with E-state index in [1.54, 1.807) is 60.7 Å². The van der Waals surface area contributed by atoms with E-state index in [0.717, 1.165) is 15.4 Å². The molecular formula is C32H30ClN3O5S. The van der Waals surface area contributed by atoms with Crippen LogP contribution in [0.5, 0.6) is 5.75 Å². The van der Waals surface area contributed by atoms with E-state index in [4.69, 9.17) is 16.3 Å². The first-order valence-corrected chi connectivity index (χ1v) is 15.2. The Bertz CT molecular complexity index is 1660. The fraction of sp³-hybridized carbons (Fsp3) is 0.188. The largest absolute Gasteiger partial charge is 0.477 e. The van der Waals surface area contributed by atoms with E-state index in [1.165, 1.54) is 17.0 Å². The number of aryl methyl sites for hydroxylation is 1. The van der Waals surface area contributed by atoms with Gasteiger partial charge in [0.15, 0.2) is 6.10 Å². The van der Waals surface area contributed by atoms with Crippen LogP contribution in [0.4, 0.5) is 5.69 Å². The van der Waals surface area contributed by atoms with Gasteiger partial charge < -0.3 is 15.0 Å². The van der Waals surface area contributed by atoms with Crippen molar-refractivity contribution in [2.24, 2.45) is 0 Å². The number of hydrogen-bond acceptors (Lipinski definition) is 5. The third kappa shape index (κ3) is 6.82. The number of fused-ring (bicyclic) bond motifs is 1. The number of carbonyl (C=O) groups is 2. The zero-order valence-corrected chi connectivity index (χ0v) is 24.5. The summed E-state index contributed by atoms with van der Waals surface area (Å²) in [7, 11) is -4.06. The minimum atomic E-state index is -4.06. The molecule has 0 saturated heterocycles. The Labute approximate surface area is 250 Å². The molecule has 0 unspecified atom stereocenters. The van der Waals surface area contributed by atoms with Crippen LogP contribution < -0.4 is 15.0 Å². The van der Waals surface area contributed by atoms with Gasteiger partial charge in [0, 0.05) is 18.1 Å². The number of para-hydroxylation sites is 2. The van der Waals surface area contributed by atoms with Gasteiger partial charge in [-0.05, 0) is 54.4 Å². The monoisotopic (exact) mass is 603 g/mol. The van der Waals surface area contributed by atoms with Crippen molar-refractivity contribution in [3.63, 3.8) is 0 Å². The van der Waals surface area contributed by atoms with Crippen LogP contribution in [0.3, 0.4) is 0 Å². The minimum Gasteiger partial charge on any atom is -0.477 e. The normalized spacial score (nSPS) is 14.6. The Morgan fingerprint density at radius 1 is 0.905 bits per heavy atom. The van der Waals surface area contributed by atoms with Gasteiger partial charge in [-0.15, -0.1) is 0 Å². The number of sulfonamides is 1. The van der Waals surface area contributed by atoms with Crippen molar-refractivity contribution < 1.29 is 22.7 Å². The molecule has 4 aromatic carbocycles. The molecule has 216 valence electrons. The molecule has 0 aliphatic carbocycles. The van der Waals surface area contributed by atoms with Crippen molar-refractivity contribution >= 4 is 39.1 Å². The first-order chi connectivity index (χ1) is 20.2. The molecule has 1 aliphatic heterocycles. The van der Waals surface area contributed by atoms with Gasteiger partial charge in [-0.1, -0.05) is 83.9 Å². The van der Waals surface area contributed by atoms with E-state index < -0.39 is 28.6 Å². The van der Waals surface area contributed by atoms with E-state index in [0.29, 0.717) is 28.6 Å². The lowest BCUT2D eigenvalue weighted by Gasteiger charge is -2.35. The Balaban J connectivity index is 1.40. The molecule has 10 heteroatoms. The van der Waals surface area contributed by atoms with E-state index in [9.17, 15) is 18.0 Å². The van der Waals surface area contributed by atoms with Gasteiger partial charge >= 0.3 is 0 Å². The zero-order valence-electron chi connectivity index (χ0n) is 22.9. The topological polar surface area (TPSA) is 96.0 Å². The van der Waals surface area contributed by atoms with Crippen LogP contribution in [0.1, 0.15) is 16.7 Å². The summed E-state index contributed by atoms with van der Waals surface area (Å²) in [6, 6.07) is 29.6. The lowest BCUT2D eigenvalue weighted by Crippen LogP contribution is -2.52. The molecule has 4 aromatic rings. The Hall–Kier alpha value is -4.18. The maximum atomic E-state index is 13.9. The van der Waals surface area contributed by atoms with Gasteiger partial charge in [-0.3, -0.25) is 9.59 Å². The summed E-state index contributed by atoms with van der Waals surface area (Å²) in [6.45, 7) is 1.60. The maximum Gasteiger partial charge on any atom is 0.263 e. The molecule has 0 spiro atoms. The number of halogens is 1. The van der Waals surface area contributed by atoms with Crippen LogP contribution in [0.25, 0.3) is 0 Å². The van der Waals surface area contributed by atoms with E-state index in [2.05, 4.69) is 5.32 Å². The van der Waals surface area contributed by atoms with Gasteiger partial charge in [0.2, 0.25) is 15.9 Å². The summed E-state index contributed by atoms with van der Waals surface area (Å²) in [6.07, 6.45) is -0.981. The fourth-order valence-corrected chi connectivity index (χ4v) is 6.12. The number of nitrogens with zero attached hydrogens (tertiary/aromatic N) is 2. The highest BCUT2D eigenvalue weighted by molar-refractivity contribution is 7.89. The summed E-state index contributed by atoms with van der Waals surface area (Å²) in [5.41, 5.74) is 2.97. The number of nitrogens with one attached hydrogen (secondary N) is 1. The molecule has 0 radical (unpaired) electrons. The van der Waals surface area contributed by atoms with Gasteiger partial charge in [0.05, 0.1) is 23.7 Å². The van der Waals surface area contributed by atoms with Gasteiger partial charge in [0.1, 0.15) is 5.75 Å². The Morgan fingerprint density at radius 2 is 1.57 bits per heavy atom. The summed E-state index contributed by atoms with van der Waals surface area (Å²) in [5, 5.41) is 3.39. The number of ether oxygens (including phenoxy) is 1. The number of rotatable bonds is 9. The van der Waals surface area contributed by atoms with Crippen LogP contribution in [0.15, 0.2) is 108 Å². The second-order valence-corrected chi connectivity index (χ2v) is 12.4. The van der Waals surface area contributed by atoms with Crippen molar-refractivity contribution in [3.05, 3.63) is 125 Å². The average molecular weight is 604 g/mol. The third-order valence-electron chi connectivity index (χ3n) is 6.92. The highest BCUT2D eigenvalue weighted by Crippen LogP contribution is 2.34. The standard InChI is InChI=1S/C32H30ClN3O5S/c1-23-11-17-27(18-12-23)42(39,40)35(20-25-13-15-26(33)16-14-25)22-31(37)36-21-30(41-29-10-6-5-9-28(29)36)32(38)34-19-24-7-3-2-4-8-24/h2-18,30H,19-22H2,1H3,(H,34,38)/t30-/m0/s1. The summed E-state index contributed by atoms with van der Waals surface area (Å²) < 4.78 is 34.7. The van der Waals surface area contributed by atoms with Gasteiger partial charge in [0.25, 0.3) is 5.91 Å². The SMILES string of the molecule is Cc1ccc(S(=O)(=O)N(CC(=O)N2C[C@@H](C(=O)NCc3ccccc3)Oc3ccccc32)Cc2ccc(Cl)cc2)cc1. The van der Waals surface area contributed by atoms with Crippen molar-refractivity contribution in [1.82, 2.24) is 9.62 Å². The molecule has 0 saturated carbocycles. The second kappa shape index (κ2) is 12.8. The molecule has 0 fully saturated rings. The molecule has 1 aliphatic rings. The van der Waals surface area contributed by atoms with E-state index >= 15 is 0 Å². The van der Waals surface area contributed by atoms with E-state index in [1.807, 2.05) is 37.3 Å². The van der Waals surface area contributed by atoms with Gasteiger partial charge in [-0.2, -0.15) is 4.31 Å². The Morgan fingerprint density at radius 3 is 2.29 bits per heavy atom. The predicted octanol–water partition coefficient (Wildman–Crippen LogP) is 4.95. The van der Waals surface area contributed by atoms with Crippen molar-refractivity contribution in [3.8, 4) is 5.75 Å². The Kier molecular flexibility index (Phi) is 8.91. The smallest absolute Gasteiger partial charge is 0.263 e. The van der Waals surface area contributed by atoms with E-state index in [-0.39, 0.29) is 23.9 Å². The first kappa shape index (κ1) is 29.3. The highest BCUT2D eigenvalue weighted by atomic mass is 35.5. The average Bonchev–Trinajstić information content (AvgIpc) is 3.00. The van der Waals surface area contributed by atoms with Crippen LogP contribution in [-0.2, 0) is 32.7 Å². The lowest BCUT2D eigenvalue weighted by molar-refractivity contribution is -0.128. The molecule has 8 nitrogen and oxygen atoms in total. The number of carbonyl (C=O) groups excluding carboxylic acids is 2. The van der Waals surface area contributed by atoms with Crippen LogP contribution in [-0.4, -0.2) is 43.7 Å². The third-order valence-corrected chi connectivity index (χ3v) is 8.98. The quantitative estimate of drug-likeness (QED) is 0.292. The zero-order chi connectivity index (χ0) is 29.7. The number of anilines is 1. The molecule has 2 amide bonds. The first-order valence-electron chi connectivity index (χ1n) is 13.4. The minimum absolute atomic E-state index is 0.0495. The summed E-state index contributed by atoms with van der Waals surface area (Å²) >= 11 is 6.04.